The Kier molecular flexibility index (Phi) is 2.73. The quantitative estimate of drug-likeness (QED) is 0.769. The predicted molar refractivity (Wildman–Crippen MR) is 58.0 cm³/mol. The summed E-state index contributed by atoms with van der Waals surface area (Å²) in [4.78, 5) is 11.0. The van der Waals surface area contributed by atoms with E-state index in [4.69, 9.17) is 5.11 Å². The molecule has 2 N–H and O–H groups in total. The Morgan fingerprint density at radius 2 is 2.07 bits per heavy atom. The lowest BCUT2D eigenvalue weighted by molar-refractivity contribution is -0.139. The summed E-state index contributed by atoms with van der Waals surface area (Å²) in [6, 6.07) is 7.71. The summed E-state index contributed by atoms with van der Waals surface area (Å²) in [5.41, 5.74) is 2.33. The van der Waals surface area contributed by atoms with Crippen molar-refractivity contribution in [3.05, 3.63) is 35.4 Å². The molecule has 2 atom stereocenters. The molecule has 1 aliphatic heterocycles. The van der Waals surface area contributed by atoms with Gasteiger partial charge in [0, 0.05) is 5.92 Å². The monoisotopic (exact) mass is 205 g/mol. The van der Waals surface area contributed by atoms with E-state index < -0.39 is 12.0 Å². The summed E-state index contributed by atoms with van der Waals surface area (Å²) in [7, 11) is 0. The van der Waals surface area contributed by atoms with E-state index in [0.29, 0.717) is 0 Å². The fourth-order valence-corrected chi connectivity index (χ4v) is 2.14. The zero-order valence-corrected chi connectivity index (χ0v) is 8.73. The molecule has 0 bridgehead atoms. The van der Waals surface area contributed by atoms with Crippen LogP contribution in [0, 0.1) is 6.92 Å². The standard InChI is InChI=1S/C12H15NO2/c1-8-2-4-9(5-3-8)10-6-7-13-11(10)12(14)15/h2-5,10-11,13H,6-7H2,1H3,(H,14,15)/t10-,11-/m0/s1. The number of benzene rings is 1. The molecule has 0 radical (unpaired) electrons. The van der Waals surface area contributed by atoms with Crippen LogP contribution in [0.25, 0.3) is 0 Å². The topological polar surface area (TPSA) is 49.3 Å². The second-order valence-corrected chi connectivity index (χ2v) is 4.08. The van der Waals surface area contributed by atoms with Crippen LogP contribution in [0.15, 0.2) is 24.3 Å². The van der Waals surface area contributed by atoms with Crippen LogP contribution in [0.5, 0.6) is 0 Å². The van der Waals surface area contributed by atoms with E-state index in [1.807, 2.05) is 31.2 Å². The van der Waals surface area contributed by atoms with Gasteiger partial charge in [0.25, 0.3) is 0 Å². The van der Waals surface area contributed by atoms with Crippen molar-refractivity contribution in [3.8, 4) is 0 Å². The highest BCUT2D eigenvalue weighted by Gasteiger charge is 2.33. The number of hydrogen-bond acceptors (Lipinski definition) is 2. The van der Waals surface area contributed by atoms with E-state index >= 15 is 0 Å². The summed E-state index contributed by atoms with van der Waals surface area (Å²) in [6.45, 7) is 2.82. The number of aryl methyl sites for hydroxylation is 1. The molecular weight excluding hydrogens is 190 g/mol. The molecule has 0 saturated carbocycles. The molecule has 0 aliphatic carbocycles. The van der Waals surface area contributed by atoms with Crippen molar-refractivity contribution in [1.82, 2.24) is 5.32 Å². The first-order valence-corrected chi connectivity index (χ1v) is 5.21. The van der Waals surface area contributed by atoms with Gasteiger partial charge in [-0.3, -0.25) is 4.79 Å². The molecule has 1 saturated heterocycles. The summed E-state index contributed by atoms with van der Waals surface area (Å²) < 4.78 is 0. The van der Waals surface area contributed by atoms with Gasteiger partial charge in [0.1, 0.15) is 6.04 Å². The number of aliphatic carboxylic acids is 1. The van der Waals surface area contributed by atoms with E-state index in [9.17, 15) is 4.79 Å². The van der Waals surface area contributed by atoms with Crippen LogP contribution in [0.3, 0.4) is 0 Å². The molecule has 1 aliphatic rings. The van der Waals surface area contributed by atoms with Gasteiger partial charge in [-0.1, -0.05) is 29.8 Å². The molecule has 2 rings (SSSR count). The maximum absolute atomic E-state index is 11.0. The van der Waals surface area contributed by atoms with E-state index in [2.05, 4.69) is 5.32 Å². The van der Waals surface area contributed by atoms with Gasteiger partial charge >= 0.3 is 5.97 Å². The number of carboxylic acids is 1. The lowest BCUT2D eigenvalue weighted by Gasteiger charge is -2.15. The lowest BCUT2D eigenvalue weighted by atomic mass is 9.91. The number of carbonyl (C=O) groups is 1. The van der Waals surface area contributed by atoms with Gasteiger partial charge in [0.15, 0.2) is 0 Å². The van der Waals surface area contributed by atoms with Crippen LogP contribution < -0.4 is 5.32 Å². The zero-order valence-electron chi connectivity index (χ0n) is 8.73. The first-order valence-electron chi connectivity index (χ1n) is 5.21. The Morgan fingerprint density at radius 1 is 1.40 bits per heavy atom. The molecule has 0 unspecified atom stereocenters. The van der Waals surface area contributed by atoms with Crippen LogP contribution in [0.2, 0.25) is 0 Å². The highest BCUT2D eigenvalue weighted by Crippen LogP contribution is 2.27. The minimum absolute atomic E-state index is 0.114. The van der Waals surface area contributed by atoms with Crippen molar-refractivity contribution in [2.24, 2.45) is 0 Å². The fourth-order valence-electron chi connectivity index (χ4n) is 2.14. The first kappa shape index (κ1) is 10.2. The number of hydrogen-bond donors (Lipinski definition) is 2. The van der Waals surface area contributed by atoms with Gasteiger partial charge in [-0.05, 0) is 25.5 Å². The van der Waals surface area contributed by atoms with Crippen molar-refractivity contribution in [2.45, 2.75) is 25.3 Å². The van der Waals surface area contributed by atoms with Gasteiger partial charge in [0.2, 0.25) is 0 Å². The molecule has 3 nitrogen and oxygen atoms in total. The molecule has 15 heavy (non-hydrogen) atoms. The Bertz CT molecular complexity index is 358. The van der Waals surface area contributed by atoms with Gasteiger partial charge in [-0.15, -0.1) is 0 Å². The molecule has 3 heteroatoms. The van der Waals surface area contributed by atoms with E-state index in [1.54, 1.807) is 0 Å². The van der Waals surface area contributed by atoms with Gasteiger partial charge in [0.05, 0.1) is 0 Å². The molecular formula is C12H15NO2. The Hall–Kier alpha value is -1.35. The fraction of sp³-hybridized carbons (Fsp3) is 0.417. The van der Waals surface area contributed by atoms with Crippen molar-refractivity contribution in [3.63, 3.8) is 0 Å². The van der Waals surface area contributed by atoms with E-state index in [0.717, 1.165) is 18.5 Å². The smallest absolute Gasteiger partial charge is 0.321 e. The maximum Gasteiger partial charge on any atom is 0.321 e. The minimum Gasteiger partial charge on any atom is -0.480 e. The average molecular weight is 205 g/mol. The van der Waals surface area contributed by atoms with Crippen molar-refractivity contribution < 1.29 is 9.90 Å². The van der Waals surface area contributed by atoms with Crippen LogP contribution in [-0.4, -0.2) is 23.7 Å². The Balaban J connectivity index is 2.22. The summed E-state index contributed by atoms with van der Waals surface area (Å²) in [6.07, 6.45) is 0.903. The normalized spacial score (nSPS) is 25.4. The number of nitrogens with one attached hydrogen (secondary N) is 1. The molecule has 0 spiro atoms. The molecule has 0 aromatic heterocycles. The van der Waals surface area contributed by atoms with Crippen molar-refractivity contribution in [2.75, 3.05) is 6.54 Å². The van der Waals surface area contributed by atoms with Crippen molar-refractivity contribution >= 4 is 5.97 Å². The molecule has 1 heterocycles. The average Bonchev–Trinajstić information content (AvgIpc) is 2.67. The molecule has 80 valence electrons. The summed E-state index contributed by atoms with van der Waals surface area (Å²) in [5, 5.41) is 12.1. The summed E-state index contributed by atoms with van der Waals surface area (Å²) >= 11 is 0. The van der Waals surface area contributed by atoms with Gasteiger partial charge in [-0.2, -0.15) is 0 Å². The molecule has 1 aromatic rings. The third-order valence-electron chi connectivity index (χ3n) is 2.99. The van der Waals surface area contributed by atoms with Crippen LogP contribution >= 0.6 is 0 Å². The molecule has 1 aromatic carbocycles. The second kappa shape index (κ2) is 4.03. The first-order chi connectivity index (χ1) is 7.18. The van der Waals surface area contributed by atoms with Crippen LogP contribution in [0.1, 0.15) is 23.5 Å². The van der Waals surface area contributed by atoms with E-state index in [1.165, 1.54) is 5.56 Å². The molecule has 1 fully saturated rings. The highest BCUT2D eigenvalue weighted by atomic mass is 16.4. The van der Waals surface area contributed by atoms with E-state index in [-0.39, 0.29) is 5.92 Å². The third-order valence-corrected chi connectivity index (χ3v) is 2.99. The Morgan fingerprint density at radius 3 is 2.67 bits per heavy atom. The third kappa shape index (κ3) is 2.02. The minimum atomic E-state index is -0.752. The lowest BCUT2D eigenvalue weighted by Crippen LogP contribution is -2.34. The largest absolute Gasteiger partial charge is 0.480 e. The van der Waals surface area contributed by atoms with Crippen LogP contribution in [-0.2, 0) is 4.79 Å². The maximum atomic E-state index is 11.0. The zero-order chi connectivity index (χ0) is 10.8. The second-order valence-electron chi connectivity index (χ2n) is 4.08. The van der Waals surface area contributed by atoms with Gasteiger partial charge in [-0.25, -0.2) is 0 Å². The van der Waals surface area contributed by atoms with Crippen molar-refractivity contribution in [1.29, 1.82) is 0 Å². The number of rotatable bonds is 2. The number of carboxylic acid groups (broad SMARTS) is 1. The highest BCUT2D eigenvalue weighted by molar-refractivity contribution is 5.75. The van der Waals surface area contributed by atoms with Crippen LogP contribution in [0.4, 0.5) is 0 Å². The van der Waals surface area contributed by atoms with Gasteiger partial charge < -0.3 is 10.4 Å². The Labute approximate surface area is 89.1 Å². The SMILES string of the molecule is Cc1ccc([C@@H]2CCN[C@@H]2C(=O)O)cc1. The predicted octanol–water partition coefficient (Wildman–Crippen LogP) is 1.53. The molecule has 0 amide bonds. The summed E-state index contributed by atoms with van der Waals surface area (Å²) in [5.74, 6) is -0.638.